The average Bonchev–Trinajstić information content (AvgIpc) is 3.08. The van der Waals surface area contributed by atoms with Crippen molar-refractivity contribution < 1.29 is 13.9 Å². The third kappa shape index (κ3) is 3.14. The Labute approximate surface area is 180 Å². The van der Waals surface area contributed by atoms with E-state index < -0.39 is 0 Å². The number of ether oxygens (including phenoxy) is 1. The summed E-state index contributed by atoms with van der Waals surface area (Å²) in [7, 11) is 1.64. The van der Waals surface area contributed by atoms with Crippen molar-refractivity contribution in [3.05, 3.63) is 76.9 Å². The minimum absolute atomic E-state index is 0.138. The first kappa shape index (κ1) is 19.5. The summed E-state index contributed by atoms with van der Waals surface area (Å²) in [6.07, 6.45) is 1.31. The number of hydrogen-bond donors (Lipinski definition) is 1. The Bertz CT molecular complexity index is 1210. The molecule has 1 N–H and O–H groups in total. The van der Waals surface area contributed by atoms with Crippen molar-refractivity contribution in [2.75, 3.05) is 12.4 Å². The van der Waals surface area contributed by atoms with Crippen LogP contribution < -0.4 is 10.1 Å². The molecule has 0 spiro atoms. The summed E-state index contributed by atoms with van der Waals surface area (Å²) in [6.45, 7) is 4.04. The largest absolute Gasteiger partial charge is 0.496 e. The maximum Gasteiger partial charge on any atom is 0.163 e. The number of methoxy groups -OCH3 is 1. The Morgan fingerprint density at radius 1 is 1.13 bits per heavy atom. The minimum Gasteiger partial charge on any atom is -0.496 e. The van der Waals surface area contributed by atoms with Gasteiger partial charge in [0, 0.05) is 28.8 Å². The van der Waals surface area contributed by atoms with Crippen molar-refractivity contribution in [1.82, 2.24) is 9.78 Å². The molecule has 1 aromatic heterocycles. The fraction of sp³-hybridized carbons (Fsp3) is 0.280. The summed E-state index contributed by atoms with van der Waals surface area (Å²) in [5, 5.41) is 8.37. The van der Waals surface area contributed by atoms with Crippen LogP contribution in [0.4, 0.5) is 10.2 Å². The number of aryl methyl sites for hydroxylation is 1. The summed E-state index contributed by atoms with van der Waals surface area (Å²) >= 11 is 0. The number of nitrogens with one attached hydrogen (secondary N) is 1. The average molecular weight is 417 g/mol. The molecule has 0 amide bonds. The monoisotopic (exact) mass is 417 g/mol. The number of Topliss-reactive ketones (excluding diaryl/α,β-unsaturated/α-hetero) is 1. The van der Waals surface area contributed by atoms with Gasteiger partial charge in [-0.1, -0.05) is 37.3 Å². The smallest absolute Gasteiger partial charge is 0.163 e. The molecule has 0 saturated heterocycles. The van der Waals surface area contributed by atoms with E-state index in [2.05, 4.69) is 12.2 Å². The first-order valence-electron chi connectivity index (χ1n) is 10.5. The number of carbonyl (C=O) groups is 1. The molecule has 0 saturated carbocycles. The fourth-order valence-electron chi connectivity index (χ4n) is 4.82. The van der Waals surface area contributed by atoms with Crippen LogP contribution in [-0.2, 0) is 4.79 Å². The number of benzene rings is 2. The van der Waals surface area contributed by atoms with E-state index in [0.29, 0.717) is 6.42 Å². The zero-order chi connectivity index (χ0) is 21.7. The number of nitrogens with zero attached hydrogens (tertiary/aromatic N) is 2. The molecule has 158 valence electrons. The molecule has 0 bridgehead atoms. The normalized spacial score (nSPS) is 20.2. The lowest BCUT2D eigenvalue weighted by atomic mass is 9.81. The van der Waals surface area contributed by atoms with E-state index in [1.165, 1.54) is 12.1 Å². The maximum absolute atomic E-state index is 13.5. The summed E-state index contributed by atoms with van der Waals surface area (Å²) < 4.78 is 21.1. The highest BCUT2D eigenvalue weighted by Crippen LogP contribution is 2.47. The van der Waals surface area contributed by atoms with Crippen LogP contribution >= 0.6 is 0 Å². The van der Waals surface area contributed by atoms with Crippen LogP contribution in [0.2, 0.25) is 0 Å². The van der Waals surface area contributed by atoms with Crippen molar-refractivity contribution in [1.29, 1.82) is 0 Å². The molecule has 0 radical (unpaired) electrons. The summed E-state index contributed by atoms with van der Waals surface area (Å²) in [5.41, 5.74) is 5.20. The number of aromatic nitrogens is 2. The number of allylic oxidation sites excluding steroid dienone is 2. The van der Waals surface area contributed by atoms with Crippen LogP contribution in [0.3, 0.4) is 0 Å². The van der Waals surface area contributed by atoms with Crippen LogP contribution in [0.1, 0.15) is 37.1 Å². The number of para-hydroxylation sites is 1. The number of anilines is 1. The lowest BCUT2D eigenvalue weighted by Gasteiger charge is -2.35. The van der Waals surface area contributed by atoms with Crippen LogP contribution in [-0.4, -0.2) is 22.7 Å². The second-order valence-corrected chi connectivity index (χ2v) is 8.36. The number of hydrogen-bond acceptors (Lipinski definition) is 4. The second kappa shape index (κ2) is 7.38. The molecule has 5 rings (SSSR count). The molecule has 2 aliphatic rings. The maximum atomic E-state index is 13.5. The molecule has 1 aliphatic heterocycles. The molecule has 6 heteroatoms. The van der Waals surface area contributed by atoms with Gasteiger partial charge in [-0.3, -0.25) is 4.79 Å². The van der Waals surface area contributed by atoms with E-state index in [4.69, 9.17) is 9.84 Å². The van der Waals surface area contributed by atoms with Gasteiger partial charge in [-0.2, -0.15) is 5.10 Å². The molecule has 3 aromatic rings. The number of rotatable bonds is 3. The van der Waals surface area contributed by atoms with Crippen LogP contribution in [0, 0.1) is 18.7 Å². The van der Waals surface area contributed by atoms with Crippen molar-refractivity contribution in [3.63, 3.8) is 0 Å². The standard InChI is InChI=1S/C25H24FN3O2/c1-14-12-19-23(20(30)13-14)24(18-6-4-5-7-21(18)31-3)29-25(27-19)22(15(2)28-29)16-8-10-17(26)11-9-16/h4-11,14,24,27H,12-13H2,1-3H3/t14-,24+/m1/s1. The highest BCUT2D eigenvalue weighted by molar-refractivity contribution is 6.00. The highest BCUT2D eigenvalue weighted by Gasteiger charge is 2.40. The number of carbonyl (C=O) groups excluding carboxylic acids is 1. The molecule has 2 atom stereocenters. The van der Waals surface area contributed by atoms with E-state index in [9.17, 15) is 9.18 Å². The van der Waals surface area contributed by atoms with Crippen molar-refractivity contribution >= 4 is 11.6 Å². The molecule has 5 nitrogen and oxygen atoms in total. The van der Waals surface area contributed by atoms with Gasteiger partial charge in [0.25, 0.3) is 0 Å². The fourth-order valence-corrected chi connectivity index (χ4v) is 4.82. The Morgan fingerprint density at radius 2 is 1.87 bits per heavy atom. The van der Waals surface area contributed by atoms with Gasteiger partial charge >= 0.3 is 0 Å². The first-order chi connectivity index (χ1) is 15.0. The first-order valence-corrected chi connectivity index (χ1v) is 10.5. The SMILES string of the molecule is COc1ccccc1[C@H]1C2=C(C[C@@H](C)CC2=O)Nc2c(-c3ccc(F)cc3)c(C)nn21. The summed E-state index contributed by atoms with van der Waals surface area (Å²) in [4.78, 5) is 13.2. The Balaban J connectivity index is 1.76. The number of halogens is 1. The van der Waals surface area contributed by atoms with E-state index >= 15 is 0 Å². The van der Waals surface area contributed by atoms with E-state index in [0.717, 1.165) is 51.6 Å². The summed E-state index contributed by atoms with van der Waals surface area (Å²) in [5.74, 6) is 1.66. The third-order valence-electron chi connectivity index (χ3n) is 6.15. The number of ketones is 1. The van der Waals surface area contributed by atoms with Gasteiger partial charge in [0.1, 0.15) is 23.4 Å². The van der Waals surface area contributed by atoms with Crippen LogP contribution in [0.15, 0.2) is 59.8 Å². The van der Waals surface area contributed by atoms with E-state index in [1.807, 2.05) is 35.9 Å². The van der Waals surface area contributed by atoms with Gasteiger partial charge in [-0.25, -0.2) is 9.07 Å². The van der Waals surface area contributed by atoms with Crippen molar-refractivity contribution in [3.8, 4) is 16.9 Å². The molecule has 0 unspecified atom stereocenters. The van der Waals surface area contributed by atoms with Gasteiger partial charge in [0.2, 0.25) is 0 Å². The van der Waals surface area contributed by atoms with Crippen LogP contribution in [0.25, 0.3) is 11.1 Å². The molecule has 2 aromatic carbocycles. The lowest BCUT2D eigenvalue weighted by Crippen LogP contribution is -2.33. The third-order valence-corrected chi connectivity index (χ3v) is 6.15. The zero-order valence-electron chi connectivity index (χ0n) is 17.8. The van der Waals surface area contributed by atoms with Gasteiger partial charge in [-0.15, -0.1) is 0 Å². The minimum atomic E-state index is -0.379. The molecule has 1 aliphatic carbocycles. The molecule has 31 heavy (non-hydrogen) atoms. The molecule has 0 fully saturated rings. The van der Waals surface area contributed by atoms with Crippen LogP contribution in [0.5, 0.6) is 5.75 Å². The molecular formula is C25H24FN3O2. The number of fused-ring (bicyclic) bond motifs is 1. The summed E-state index contributed by atoms with van der Waals surface area (Å²) in [6, 6.07) is 13.8. The second-order valence-electron chi connectivity index (χ2n) is 8.36. The predicted molar refractivity (Wildman–Crippen MR) is 118 cm³/mol. The highest BCUT2D eigenvalue weighted by atomic mass is 19.1. The molecular weight excluding hydrogens is 393 g/mol. The Morgan fingerprint density at radius 3 is 2.61 bits per heavy atom. The van der Waals surface area contributed by atoms with Gasteiger partial charge < -0.3 is 10.1 Å². The van der Waals surface area contributed by atoms with Crippen molar-refractivity contribution in [2.24, 2.45) is 5.92 Å². The quantitative estimate of drug-likeness (QED) is 0.630. The topological polar surface area (TPSA) is 56.1 Å². The Kier molecular flexibility index (Phi) is 4.65. The predicted octanol–water partition coefficient (Wildman–Crippen LogP) is 5.27. The molecule has 2 heterocycles. The van der Waals surface area contributed by atoms with Gasteiger partial charge in [0.15, 0.2) is 5.78 Å². The Hall–Kier alpha value is -3.41. The van der Waals surface area contributed by atoms with E-state index in [-0.39, 0.29) is 23.6 Å². The van der Waals surface area contributed by atoms with Gasteiger partial charge in [0.05, 0.1) is 12.8 Å². The zero-order valence-corrected chi connectivity index (χ0v) is 17.8. The van der Waals surface area contributed by atoms with Crippen molar-refractivity contribution in [2.45, 2.75) is 32.7 Å². The lowest BCUT2D eigenvalue weighted by molar-refractivity contribution is -0.117. The van der Waals surface area contributed by atoms with Gasteiger partial charge in [-0.05, 0) is 43.0 Å². The van der Waals surface area contributed by atoms with E-state index in [1.54, 1.807) is 19.2 Å².